The molecule has 0 atom stereocenters. The van der Waals surface area contributed by atoms with Crippen molar-refractivity contribution >= 4 is 0 Å². The summed E-state index contributed by atoms with van der Waals surface area (Å²) in [6, 6.07) is 13.7. The molecule has 0 amide bonds. The number of aromatic nitrogens is 2. The van der Waals surface area contributed by atoms with Crippen LogP contribution in [0.1, 0.15) is 5.56 Å². The van der Waals surface area contributed by atoms with Gasteiger partial charge in [-0.15, -0.1) is 5.10 Å². The predicted molar refractivity (Wildman–Crippen MR) is 58.9 cm³/mol. The highest BCUT2D eigenvalue weighted by atomic mass is 16.5. The molecule has 0 aliphatic carbocycles. The summed E-state index contributed by atoms with van der Waals surface area (Å²) in [5.74, 6) is 0.484. The average Bonchev–Trinajstić information content (AvgIpc) is 2.75. The summed E-state index contributed by atoms with van der Waals surface area (Å²) in [6.07, 6.45) is 1.83. The van der Waals surface area contributed by atoms with Crippen LogP contribution in [0.15, 0.2) is 42.6 Å². The third-order valence-electron chi connectivity index (χ3n) is 2.09. The first-order valence-corrected chi connectivity index (χ1v) is 4.95. The number of nitrogens with zero attached hydrogens (tertiary/aromatic N) is 3. The number of rotatable bonds is 4. The Kier molecular flexibility index (Phi) is 3.19. The second-order valence-electron chi connectivity index (χ2n) is 3.28. The Hall–Kier alpha value is -2.28. The van der Waals surface area contributed by atoms with E-state index in [0.717, 1.165) is 0 Å². The molecule has 0 fully saturated rings. The number of hydrogen-bond donors (Lipinski definition) is 0. The Bertz CT molecular complexity index is 484. The van der Waals surface area contributed by atoms with E-state index in [1.54, 1.807) is 10.7 Å². The lowest BCUT2D eigenvalue weighted by Gasteiger charge is -2.00. The van der Waals surface area contributed by atoms with Crippen LogP contribution < -0.4 is 4.74 Å². The molecule has 1 aromatic heterocycles. The topological polar surface area (TPSA) is 50.8 Å². The number of hydrogen-bond acceptors (Lipinski definition) is 3. The lowest BCUT2D eigenvalue weighted by Crippen LogP contribution is -2.01. The highest BCUT2D eigenvalue weighted by Crippen LogP contribution is 2.07. The molecule has 0 bridgehead atoms. The first-order valence-electron chi connectivity index (χ1n) is 4.95. The Morgan fingerprint density at radius 1 is 1.25 bits per heavy atom. The number of ether oxygens (including phenoxy) is 1. The van der Waals surface area contributed by atoms with Crippen LogP contribution in [0.3, 0.4) is 0 Å². The minimum Gasteiger partial charge on any atom is -0.461 e. The third kappa shape index (κ3) is 2.61. The Balaban J connectivity index is 2.01. The molecule has 0 aliphatic rings. The number of benzene rings is 1. The van der Waals surface area contributed by atoms with Crippen molar-refractivity contribution in [1.82, 2.24) is 9.78 Å². The first kappa shape index (κ1) is 10.2. The van der Waals surface area contributed by atoms with Gasteiger partial charge in [0.15, 0.2) is 6.61 Å². The third-order valence-corrected chi connectivity index (χ3v) is 2.09. The van der Waals surface area contributed by atoms with E-state index in [2.05, 4.69) is 5.10 Å². The largest absolute Gasteiger partial charge is 0.461 e. The van der Waals surface area contributed by atoms with Crippen LogP contribution in [0.5, 0.6) is 5.88 Å². The van der Waals surface area contributed by atoms with Crippen LogP contribution in [0, 0.1) is 11.3 Å². The maximum absolute atomic E-state index is 8.36. The molecule has 0 aliphatic heterocycles. The zero-order chi connectivity index (χ0) is 11.2. The predicted octanol–water partition coefficient (Wildman–Crippen LogP) is 1.83. The fourth-order valence-electron chi connectivity index (χ4n) is 1.38. The zero-order valence-electron chi connectivity index (χ0n) is 8.71. The minimum atomic E-state index is 0.0301. The molecule has 2 aromatic rings. The lowest BCUT2D eigenvalue weighted by molar-refractivity contribution is 0.348. The second-order valence-corrected chi connectivity index (χ2v) is 3.28. The van der Waals surface area contributed by atoms with Crippen molar-refractivity contribution in [2.75, 3.05) is 6.61 Å². The molecule has 0 spiro atoms. The van der Waals surface area contributed by atoms with E-state index >= 15 is 0 Å². The molecule has 2 rings (SSSR count). The lowest BCUT2D eigenvalue weighted by atomic mass is 10.2. The van der Waals surface area contributed by atoms with Gasteiger partial charge < -0.3 is 4.74 Å². The van der Waals surface area contributed by atoms with Gasteiger partial charge in [-0.1, -0.05) is 30.3 Å². The van der Waals surface area contributed by atoms with E-state index in [4.69, 9.17) is 10.00 Å². The van der Waals surface area contributed by atoms with Gasteiger partial charge in [-0.25, -0.2) is 0 Å². The molecule has 0 saturated heterocycles. The van der Waals surface area contributed by atoms with Gasteiger partial charge >= 0.3 is 0 Å². The summed E-state index contributed by atoms with van der Waals surface area (Å²) in [5.41, 5.74) is 1.18. The Labute approximate surface area is 93.7 Å². The summed E-state index contributed by atoms with van der Waals surface area (Å²) < 4.78 is 6.86. The van der Waals surface area contributed by atoms with E-state index < -0.39 is 0 Å². The van der Waals surface area contributed by atoms with Crippen molar-refractivity contribution in [2.45, 2.75) is 6.54 Å². The van der Waals surface area contributed by atoms with E-state index in [1.807, 2.05) is 42.6 Å². The van der Waals surface area contributed by atoms with Crippen molar-refractivity contribution in [3.63, 3.8) is 0 Å². The molecule has 0 N–H and O–H groups in total. The van der Waals surface area contributed by atoms with Crippen LogP contribution in [0.25, 0.3) is 0 Å². The van der Waals surface area contributed by atoms with Gasteiger partial charge in [0.25, 0.3) is 0 Å². The molecule has 0 unspecified atom stereocenters. The van der Waals surface area contributed by atoms with Crippen LogP contribution in [0.4, 0.5) is 0 Å². The van der Waals surface area contributed by atoms with E-state index in [1.165, 1.54) is 5.56 Å². The van der Waals surface area contributed by atoms with Crippen LogP contribution in [0.2, 0.25) is 0 Å². The molecule has 4 heteroatoms. The first-order chi connectivity index (χ1) is 7.88. The van der Waals surface area contributed by atoms with Crippen molar-refractivity contribution < 1.29 is 4.74 Å². The van der Waals surface area contributed by atoms with E-state index in [-0.39, 0.29) is 6.61 Å². The fraction of sp³-hybridized carbons (Fsp3) is 0.167. The highest BCUT2D eigenvalue weighted by Gasteiger charge is 1.99. The Morgan fingerprint density at radius 2 is 2.06 bits per heavy atom. The fourth-order valence-corrected chi connectivity index (χ4v) is 1.38. The van der Waals surface area contributed by atoms with Gasteiger partial charge in [0, 0.05) is 12.3 Å². The van der Waals surface area contributed by atoms with Crippen molar-refractivity contribution in [1.29, 1.82) is 5.26 Å². The summed E-state index contributed by atoms with van der Waals surface area (Å²) in [4.78, 5) is 0. The molecule has 16 heavy (non-hydrogen) atoms. The maximum Gasteiger partial charge on any atom is 0.233 e. The summed E-state index contributed by atoms with van der Waals surface area (Å²) in [5, 5.41) is 12.5. The molecule has 4 nitrogen and oxygen atoms in total. The SMILES string of the molecule is N#CCOc1ccn(Cc2ccccc2)n1. The molecule has 1 heterocycles. The summed E-state index contributed by atoms with van der Waals surface area (Å²) in [6.45, 7) is 0.735. The van der Waals surface area contributed by atoms with Gasteiger partial charge in [0.05, 0.1) is 6.54 Å². The standard InChI is InChI=1S/C12H11N3O/c13-7-9-16-12-6-8-15(14-12)10-11-4-2-1-3-5-11/h1-6,8H,9-10H2. The second kappa shape index (κ2) is 4.99. The van der Waals surface area contributed by atoms with Crippen molar-refractivity contribution in [3.05, 3.63) is 48.2 Å². The van der Waals surface area contributed by atoms with Crippen LogP contribution >= 0.6 is 0 Å². The normalized spacial score (nSPS) is 9.69. The maximum atomic E-state index is 8.36. The molecule has 80 valence electrons. The van der Waals surface area contributed by atoms with Crippen molar-refractivity contribution in [3.8, 4) is 11.9 Å². The Morgan fingerprint density at radius 3 is 2.81 bits per heavy atom. The van der Waals surface area contributed by atoms with Gasteiger partial charge in [-0.3, -0.25) is 4.68 Å². The molecule has 1 aromatic carbocycles. The molecular formula is C12H11N3O. The molecular weight excluding hydrogens is 202 g/mol. The van der Waals surface area contributed by atoms with Gasteiger partial charge in [-0.2, -0.15) is 5.26 Å². The molecule has 0 radical (unpaired) electrons. The van der Waals surface area contributed by atoms with Gasteiger partial charge in [0.1, 0.15) is 6.07 Å². The quantitative estimate of drug-likeness (QED) is 0.778. The smallest absolute Gasteiger partial charge is 0.233 e. The zero-order valence-corrected chi connectivity index (χ0v) is 8.71. The van der Waals surface area contributed by atoms with Crippen LogP contribution in [-0.2, 0) is 6.54 Å². The van der Waals surface area contributed by atoms with Crippen LogP contribution in [-0.4, -0.2) is 16.4 Å². The highest BCUT2D eigenvalue weighted by molar-refractivity contribution is 5.15. The monoisotopic (exact) mass is 213 g/mol. The summed E-state index contributed by atoms with van der Waals surface area (Å²) in [7, 11) is 0. The average molecular weight is 213 g/mol. The van der Waals surface area contributed by atoms with E-state index in [0.29, 0.717) is 12.4 Å². The number of nitriles is 1. The minimum absolute atomic E-state index is 0.0301. The molecule has 0 saturated carbocycles. The van der Waals surface area contributed by atoms with Gasteiger partial charge in [0.2, 0.25) is 5.88 Å². The van der Waals surface area contributed by atoms with Gasteiger partial charge in [-0.05, 0) is 5.56 Å². The summed E-state index contributed by atoms with van der Waals surface area (Å²) >= 11 is 0. The van der Waals surface area contributed by atoms with Crippen molar-refractivity contribution in [2.24, 2.45) is 0 Å². The van der Waals surface area contributed by atoms with E-state index in [9.17, 15) is 0 Å².